The minimum atomic E-state index is -3.36. The van der Waals surface area contributed by atoms with Crippen molar-refractivity contribution in [2.45, 2.75) is 50.8 Å². The van der Waals surface area contributed by atoms with Gasteiger partial charge in [0.1, 0.15) is 0 Å². The molecule has 0 atom stereocenters. The molecule has 0 unspecified atom stereocenters. The van der Waals surface area contributed by atoms with Crippen LogP contribution in [0.15, 0.2) is 17.2 Å². The molecule has 0 bridgehead atoms. The molecule has 0 spiro atoms. The number of pyridine rings is 1. The first-order valence-corrected chi connectivity index (χ1v) is 8.36. The third kappa shape index (κ3) is 2.75. The third-order valence-electron chi connectivity index (χ3n) is 3.84. The Kier molecular flexibility index (Phi) is 3.52. The molecule has 1 aliphatic heterocycles. The maximum Gasteiger partial charge on any atom is 0.514 e. The summed E-state index contributed by atoms with van der Waals surface area (Å²) in [7, 11) is -4.01. The highest BCUT2D eigenvalue weighted by molar-refractivity contribution is 7.90. The van der Waals surface area contributed by atoms with E-state index in [0.717, 1.165) is 11.8 Å². The zero-order valence-electron chi connectivity index (χ0n) is 12.7. The summed E-state index contributed by atoms with van der Waals surface area (Å²) in [5, 5.41) is 0.0437. The lowest BCUT2D eigenvalue weighted by Crippen LogP contribution is -2.41. The van der Waals surface area contributed by atoms with Crippen molar-refractivity contribution >= 4 is 22.5 Å². The van der Waals surface area contributed by atoms with Crippen molar-refractivity contribution in [3.63, 3.8) is 0 Å². The van der Waals surface area contributed by atoms with Gasteiger partial charge in [0.05, 0.1) is 16.8 Å². The monoisotopic (exact) mass is 297 g/mol. The number of nitrogens with zero attached hydrogens (tertiary/aromatic N) is 1. The molecule has 0 aromatic carbocycles. The summed E-state index contributed by atoms with van der Waals surface area (Å²) in [4.78, 5) is 4.18. The summed E-state index contributed by atoms with van der Waals surface area (Å²) < 4.78 is 35.1. The molecule has 1 aromatic rings. The number of aryl methyl sites for hydroxylation is 1. The molecule has 0 N–H and O–H groups in total. The van der Waals surface area contributed by atoms with Crippen molar-refractivity contribution in [1.82, 2.24) is 4.98 Å². The highest BCUT2D eigenvalue weighted by Gasteiger charge is 2.52. The summed E-state index contributed by atoms with van der Waals surface area (Å²) in [5.41, 5.74) is 0.345. The van der Waals surface area contributed by atoms with Gasteiger partial charge in [-0.1, -0.05) is 0 Å². The van der Waals surface area contributed by atoms with Crippen LogP contribution in [-0.4, -0.2) is 38.0 Å². The fourth-order valence-corrected chi connectivity index (χ4v) is 2.61. The molecule has 0 saturated carbocycles. The fourth-order valence-electron chi connectivity index (χ4n) is 1.94. The van der Waals surface area contributed by atoms with Crippen molar-refractivity contribution < 1.29 is 17.7 Å². The van der Waals surface area contributed by atoms with Crippen molar-refractivity contribution in [3.8, 4) is 0 Å². The molecule has 0 amide bonds. The van der Waals surface area contributed by atoms with Crippen LogP contribution in [0.25, 0.3) is 0 Å². The number of rotatable bonds is 2. The Morgan fingerprint density at radius 3 is 2.05 bits per heavy atom. The largest absolute Gasteiger partial charge is 0.514 e. The summed E-state index contributed by atoms with van der Waals surface area (Å²) in [6.45, 7) is 9.60. The molecular formula is C13H20BNO4S. The van der Waals surface area contributed by atoms with E-state index in [4.69, 9.17) is 9.31 Å². The van der Waals surface area contributed by atoms with E-state index in [9.17, 15) is 8.42 Å². The minimum absolute atomic E-state index is 0.0437. The van der Waals surface area contributed by atoms with Crippen LogP contribution in [0.3, 0.4) is 0 Å². The first-order chi connectivity index (χ1) is 8.92. The second-order valence-electron chi connectivity index (χ2n) is 6.27. The summed E-state index contributed by atoms with van der Waals surface area (Å²) >= 11 is 0. The maximum atomic E-state index is 11.7. The number of hydrogen-bond donors (Lipinski definition) is 0. The summed E-state index contributed by atoms with van der Waals surface area (Å²) in [6, 6.07) is 3.33. The van der Waals surface area contributed by atoms with Gasteiger partial charge in [-0.15, -0.1) is 0 Å². The average Bonchev–Trinajstić information content (AvgIpc) is 2.46. The van der Waals surface area contributed by atoms with E-state index < -0.39 is 28.2 Å². The standard InChI is InChI=1S/C13H20BNO4S/c1-9-7-10(15-11(8-9)20(6,16)17)14-18-12(2,3)13(4,5)19-14/h7-8H,1-6H3. The molecule has 1 aliphatic rings. The molecule has 0 aliphatic carbocycles. The first kappa shape index (κ1) is 15.5. The van der Waals surface area contributed by atoms with Gasteiger partial charge < -0.3 is 9.31 Å². The zero-order chi connectivity index (χ0) is 15.3. The smallest absolute Gasteiger partial charge is 0.398 e. The van der Waals surface area contributed by atoms with E-state index in [0.29, 0.717) is 5.59 Å². The van der Waals surface area contributed by atoms with E-state index in [2.05, 4.69) is 4.98 Å². The number of aromatic nitrogens is 1. The quantitative estimate of drug-likeness (QED) is 0.765. The Hall–Kier alpha value is -0.915. The van der Waals surface area contributed by atoms with Crippen LogP contribution in [0.1, 0.15) is 33.3 Å². The lowest BCUT2D eigenvalue weighted by molar-refractivity contribution is 0.00578. The predicted octanol–water partition coefficient (Wildman–Crippen LogP) is 1.09. The molecule has 1 aromatic heterocycles. The lowest BCUT2D eigenvalue weighted by atomic mass is 9.83. The number of hydrogen-bond acceptors (Lipinski definition) is 5. The van der Waals surface area contributed by atoms with Gasteiger partial charge in [0.25, 0.3) is 0 Å². The van der Waals surface area contributed by atoms with Crippen LogP contribution < -0.4 is 5.59 Å². The Labute approximate surface area is 120 Å². The van der Waals surface area contributed by atoms with E-state index in [-0.39, 0.29) is 5.03 Å². The van der Waals surface area contributed by atoms with Gasteiger partial charge >= 0.3 is 7.12 Å². The second-order valence-corrected chi connectivity index (χ2v) is 8.23. The number of sulfone groups is 1. The van der Waals surface area contributed by atoms with E-state index >= 15 is 0 Å². The van der Waals surface area contributed by atoms with Crippen LogP contribution in [0.4, 0.5) is 0 Å². The van der Waals surface area contributed by atoms with Gasteiger partial charge in [0.15, 0.2) is 14.9 Å². The van der Waals surface area contributed by atoms with Crippen molar-refractivity contribution in [2.24, 2.45) is 0 Å². The van der Waals surface area contributed by atoms with Crippen LogP contribution in [0, 0.1) is 6.92 Å². The third-order valence-corrected chi connectivity index (χ3v) is 4.81. The van der Waals surface area contributed by atoms with Crippen LogP contribution in [-0.2, 0) is 19.1 Å². The van der Waals surface area contributed by atoms with Gasteiger partial charge in [-0.2, -0.15) is 0 Å². The molecule has 110 valence electrons. The van der Waals surface area contributed by atoms with Gasteiger partial charge in [-0.25, -0.2) is 13.4 Å². The van der Waals surface area contributed by atoms with Crippen LogP contribution in [0.2, 0.25) is 0 Å². The van der Waals surface area contributed by atoms with Crippen molar-refractivity contribution in [2.75, 3.05) is 6.26 Å². The molecule has 2 heterocycles. The van der Waals surface area contributed by atoms with E-state index in [1.807, 2.05) is 34.6 Å². The predicted molar refractivity (Wildman–Crippen MR) is 77.8 cm³/mol. The van der Waals surface area contributed by atoms with Crippen LogP contribution >= 0.6 is 0 Å². The van der Waals surface area contributed by atoms with Gasteiger partial charge in [-0.05, 0) is 52.3 Å². The Morgan fingerprint density at radius 1 is 1.10 bits per heavy atom. The topological polar surface area (TPSA) is 65.5 Å². The molecule has 1 saturated heterocycles. The van der Waals surface area contributed by atoms with Crippen LogP contribution in [0.5, 0.6) is 0 Å². The molecule has 20 heavy (non-hydrogen) atoms. The molecule has 1 fully saturated rings. The highest BCUT2D eigenvalue weighted by Crippen LogP contribution is 2.36. The molecule has 5 nitrogen and oxygen atoms in total. The van der Waals surface area contributed by atoms with Crippen molar-refractivity contribution in [1.29, 1.82) is 0 Å². The van der Waals surface area contributed by atoms with E-state index in [1.165, 1.54) is 0 Å². The molecule has 0 radical (unpaired) electrons. The normalized spacial score (nSPS) is 21.2. The SMILES string of the molecule is Cc1cc(B2OC(C)(C)C(C)(C)O2)nc(S(C)(=O)=O)c1. The Bertz CT molecular complexity index is 624. The molecule has 2 rings (SSSR count). The lowest BCUT2D eigenvalue weighted by Gasteiger charge is -2.32. The summed E-state index contributed by atoms with van der Waals surface area (Å²) in [5.74, 6) is 0. The van der Waals surface area contributed by atoms with E-state index in [1.54, 1.807) is 12.1 Å². The minimum Gasteiger partial charge on any atom is -0.398 e. The fraction of sp³-hybridized carbons (Fsp3) is 0.615. The highest BCUT2D eigenvalue weighted by atomic mass is 32.2. The maximum absolute atomic E-state index is 11.7. The molecule has 7 heteroatoms. The van der Waals surface area contributed by atoms with Gasteiger partial charge in [0.2, 0.25) is 0 Å². The Balaban J connectivity index is 2.44. The Morgan fingerprint density at radius 2 is 1.60 bits per heavy atom. The van der Waals surface area contributed by atoms with Crippen molar-refractivity contribution in [3.05, 3.63) is 17.7 Å². The van der Waals surface area contributed by atoms with Gasteiger partial charge in [-0.3, -0.25) is 0 Å². The second kappa shape index (κ2) is 4.54. The zero-order valence-corrected chi connectivity index (χ0v) is 13.5. The van der Waals surface area contributed by atoms with Gasteiger partial charge in [0, 0.05) is 6.26 Å². The summed E-state index contributed by atoms with van der Waals surface area (Å²) in [6.07, 6.45) is 1.14. The first-order valence-electron chi connectivity index (χ1n) is 6.47. The average molecular weight is 297 g/mol. The molecular weight excluding hydrogens is 277 g/mol.